The largest absolute Gasteiger partial charge is 0.324 e. The molecular weight excluding hydrogens is 342 g/mol. The highest BCUT2D eigenvalue weighted by Gasteiger charge is 2.27. The van der Waals surface area contributed by atoms with Gasteiger partial charge in [0.15, 0.2) is 0 Å². The summed E-state index contributed by atoms with van der Waals surface area (Å²) in [6.07, 6.45) is 3.32. The van der Waals surface area contributed by atoms with Crippen LogP contribution in [0, 0.1) is 0 Å². The second kappa shape index (κ2) is 9.67. The molecule has 0 spiro atoms. The third-order valence-electron chi connectivity index (χ3n) is 3.50. The number of amides is 1. The van der Waals surface area contributed by atoms with Crippen molar-refractivity contribution >= 4 is 35.8 Å². The molecule has 0 bridgehead atoms. The molecule has 0 fully saturated rings. The van der Waals surface area contributed by atoms with Gasteiger partial charge in [-0.15, -0.1) is 24.2 Å². The van der Waals surface area contributed by atoms with Gasteiger partial charge in [-0.3, -0.25) is 4.79 Å². The minimum Gasteiger partial charge on any atom is -0.324 e. The van der Waals surface area contributed by atoms with Crippen molar-refractivity contribution < 1.29 is 4.79 Å². The molecule has 1 heterocycles. The lowest BCUT2D eigenvalue weighted by molar-refractivity contribution is -0.120. The van der Waals surface area contributed by atoms with E-state index in [0.717, 1.165) is 28.5 Å². The van der Waals surface area contributed by atoms with Gasteiger partial charge < -0.3 is 11.1 Å². The van der Waals surface area contributed by atoms with E-state index in [0.29, 0.717) is 6.42 Å². The Bertz CT molecular complexity index is 650. The molecule has 1 aromatic heterocycles. The molecule has 4 nitrogen and oxygen atoms in total. The number of thioether (sulfide) groups is 1. The summed E-state index contributed by atoms with van der Waals surface area (Å²) in [5, 5.41) is 3.90. The molecule has 0 saturated carbocycles. The molecule has 130 valence electrons. The molecule has 2 aromatic rings. The molecule has 0 aliphatic carbocycles. The van der Waals surface area contributed by atoms with Gasteiger partial charge in [0.25, 0.3) is 0 Å². The summed E-state index contributed by atoms with van der Waals surface area (Å²) < 4.78 is 0. The number of halogens is 1. The summed E-state index contributed by atoms with van der Waals surface area (Å²) in [4.78, 5) is 16.6. The van der Waals surface area contributed by atoms with Crippen LogP contribution in [0.2, 0.25) is 0 Å². The topological polar surface area (TPSA) is 68.0 Å². The average molecular weight is 366 g/mol. The molecule has 1 amide bonds. The van der Waals surface area contributed by atoms with Crippen molar-refractivity contribution in [3.8, 4) is 0 Å². The quantitative estimate of drug-likeness (QED) is 0.719. The van der Waals surface area contributed by atoms with E-state index in [1.807, 2.05) is 49.4 Å². The van der Waals surface area contributed by atoms with Crippen LogP contribution in [0.1, 0.15) is 32.3 Å². The lowest BCUT2D eigenvalue weighted by atomic mass is 9.96. The number of hydrogen-bond donors (Lipinski definition) is 2. The number of nitrogens with zero attached hydrogens (tertiary/aromatic N) is 1. The van der Waals surface area contributed by atoms with Gasteiger partial charge in [0.05, 0.1) is 10.6 Å². The van der Waals surface area contributed by atoms with Crippen LogP contribution in [0.3, 0.4) is 0 Å². The van der Waals surface area contributed by atoms with E-state index < -0.39 is 5.54 Å². The Labute approximate surface area is 154 Å². The third-order valence-corrected chi connectivity index (χ3v) is 4.51. The second-order valence-electron chi connectivity index (χ2n) is 5.78. The van der Waals surface area contributed by atoms with Crippen LogP contribution in [0.15, 0.2) is 53.7 Å². The molecule has 1 unspecified atom stereocenters. The number of nitrogens with two attached hydrogens (primary N) is 1. The standard InChI is InChI=1S/C18H23N3OS.ClH/c1-3-10-18(2,19)17(22)21-15-8-6-7-14(12-15)13-23-16-9-4-5-11-20-16;/h4-9,11-12H,3,10,13,19H2,1-2H3,(H,21,22);1H. The van der Waals surface area contributed by atoms with Crippen molar-refractivity contribution in [2.24, 2.45) is 5.73 Å². The smallest absolute Gasteiger partial charge is 0.244 e. The van der Waals surface area contributed by atoms with Gasteiger partial charge in [-0.05, 0) is 43.2 Å². The number of nitrogens with one attached hydrogen (secondary N) is 1. The maximum atomic E-state index is 12.3. The van der Waals surface area contributed by atoms with E-state index >= 15 is 0 Å². The molecule has 1 aromatic carbocycles. The van der Waals surface area contributed by atoms with E-state index in [4.69, 9.17) is 5.73 Å². The van der Waals surface area contributed by atoms with Gasteiger partial charge in [-0.2, -0.15) is 0 Å². The van der Waals surface area contributed by atoms with E-state index in [-0.39, 0.29) is 18.3 Å². The molecule has 24 heavy (non-hydrogen) atoms. The van der Waals surface area contributed by atoms with Crippen LogP contribution in [-0.4, -0.2) is 16.4 Å². The first-order valence-corrected chi connectivity index (χ1v) is 8.73. The van der Waals surface area contributed by atoms with Crippen LogP contribution in [0.5, 0.6) is 0 Å². The molecule has 6 heteroatoms. The van der Waals surface area contributed by atoms with Crippen LogP contribution in [0.25, 0.3) is 0 Å². The number of rotatable bonds is 7. The summed E-state index contributed by atoms with van der Waals surface area (Å²) in [7, 11) is 0. The van der Waals surface area contributed by atoms with Gasteiger partial charge in [0.1, 0.15) is 0 Å². The van der Waals surface area contributed by atoms with Gasteiger partial charge >= 0.3 is 0 Å². The zero-order valence-corrected chi connectivity index (χ0v) is 15.6. The number of carbonyl (C=O) groups excluding carboxylic acids is 1. The summed E-state index contributed by atoms with van der Waals surface area (Å²) in [6.45, 7) is 3.79. The van der Waals surface area contributed by atoms with Crippen molar-refractivity contribution in [1.82, 2.24) is 4.98 Å². The number of hydrogen-bond acceptors (Lipinski definition) is 4. The van der Waals surface area contributed by atoms with Crippen molar-refractivity contribution in [2.45, 2.75) is 43.0 Å². The molecule has 1 atom stereocenters. The number of pyridine rings is 1. The van der Waals surface area contributed by atoms with Crippen LogP contribution >= 0.6 is 24.2 Å². The Balaban J connectivity index is 0.00000288. The van der Waals surface area contributed by atoms with Crippen LogP contribution in [-0.2, 0) is 10.5 Å². The van der Waals surface area contributed by atoms with Gasteiger partial charge in [0, 0.05) is 17.6 Å². The highest BCUT2D eigenvalue weighted by atomic mass is 35.5. The minimum absolute atomic E-state index is 0. The SMILES string of the molecule is CCCC(C)(N)C(=O)Nc1cccc(CSc2ccccn2)c1.Cl. The van der Waals surface area contributed by atoms with Gasteiger partial charge in [-0.1, -0.05) is 31.5 Å². The number of anilines is 1. The monoisotopic (exact) mass is 365 g/mol. The molecule has 0 saturated heterocycles. The summed E-state index contributed by atoms with van der Waals surface area (Å²) in [5.74, 6) is 0.657. The fourth-order valence-electron chi connectivity index (χ4n) is 2.24. The summed E-state index contributed by atoms with van der Waals surface area (Å²) >= 11 is 1.67. The lowest BCUT2D eigenvalue weighted by Gasteiger charge is -2.23. The Kier molecular flexibility index (Phi) is 8.25. The number of carbonyl (C=O) groups is 1. The number of aromatic nitrogens is 1. The third kappa shape index (κ3) is 6.15. The fourth-order valence-corrected chi connectivity index (χ4v) is 3.04. The predicted molar refractivity (Wildman–Crippen MR) is 104 cm³/mol. The van der Waals surface area contributed by atoms with Crippen molar-refractivity contribution in [3.05, 3.63) is 54.2 Å². The summed E-state index contributed by atoms with van der Waals surface area (Å²) in [6, 6.07) is 13.7. The first-order valence-electron chi connectivity index (χ1n) is 7.74. The van der Waals surface area contributed by atoms with E-state index in [1.54, 1.807) is 24.9 Å². The first kappa shape index (κ1) is 20.5. The maximum absolute atomic E-state index is 12.3. The zero-order valence-electron chi connectivity index (χ0n) is 14.0. The van der Waals surface area contributed by atoms with E-state index in [9.17, 15) is 4.79 Å². The highest BCUT2D eigenvalue weighted by molar-refractivity contribution is 7.98. The number of benzene rings is 1. The lowest BCUT2D eigenvalue weighted by Crippen LogP contribution is -2.48. The summed E-state index contributed by atoms with van der Waals surface area (Å²) in [5.41, 5.74) is 7.14. The minimum atomic E-state index is -0.840. The fraction of sp³-hybridized carbons (Fsp3) is 0.333. The Morgan fingerprint density at radius 2 is 2.08 bits per heavy atom. The molecule has 2 rings (SSSR count). The second-order valence-corrected chi connectivity index (χ2v) is 6.77. The van der Waals surface area contributed by atoms with Gasteiger partial charge in [-0.25, -0.2) is 4.98 Å². The van der Waals surface area contributed by atoms with Crippen molar-refractivity contribution in [1.29, 1.82) is 0 Å². The van der Waals surface area contributed by atoms with Crippen LogP contribution in [0.4, 0.5) is 5.69 Å². The Hall–Kier alpha value is -1.56. The molecule has 3 N–H and O–H groups in total. The molecule has 0 aliphatic heterocycles. The average Bonchev–Trinajstić information content (AvgIpc) is 2.54. The van der Waals surface area contributed by atoms with Gasteiger partial charge in [0.2, 0.25) is 5.91 Å². The molecular formula is C18H24ClN3OS. The molecule has 0 radical (unpaired) electrons. The zero-order chi connectivity index (χ0) is 16.7. The van der Waals surface area contributed by atoms with E-state index in [1.165, 1.54) is 0 Å². The van der Waals surface area contributed by atoms with Crippen LogP contribution < -0.4 is 11.1 Å². The first-order chi connectivity index (χ1) is 11.0. The maximum Gasteiger partial charge on any atom is 0.244 e. The molecule has 0 aliphatic rings. The Morgan fingerprint density at radius 3 is 2.75 bits per heavy atom. The normalized spacial score (nSPS) is 12.8. The Morgan fingerprint density at radius 1 is 1.29 bits per heavy atom. The van der Waals surface area contributed by atoms with Crippen molar-refractivity contribution in [3.63, 3.8) is 0 Å². The highest BCUT2D eigenvalue weighted by Crippen LogP contribution is 2.22. The predicted octanol–water partition coefficient (Wildman–Crippen LogP) is 4.25. The van der Waals surface area contributed by atoms with Crippen molar-refractivity contribution in [2.75, 3.05) is 5.32 Å². The van der Waals surface area contributed by atoms with E-state index in [2.05, 4.69) is 10.3 Å².